The number of likely N-dealkylation sites (N-methyl/N-ethyl adjacent to an activating group) is 1. The topological polar surface area (TPSA) is 49.5 Å². The van der Waals surface area contributed by atoms with E-state index in [1.807, 2.05) is 0 Å². The predicted molar refractivity (Wildman–Crippen MR) is 59.4 cm³/mol. The molecule has 0 aliphatic heterocycles. The summed E-state index contributed by atoms with van der Waals surface area (Å²) >= 11 is 0. The standard InChI is InChI=1S/C11H15F3N2O/c1-16(7-11(12,13)14)6-10(17)8-3-2-4-9(15)5-8/h2-5,10,17H,6-7,15H2,1H3. The van der Waals surface area contributed by atoms with Gasteiger partial charge >= 0.3 is 6.18 Å². The first kappa shape index (κ1) is 13.8. The van der Waals surface area contributed by atoms with E-state index >= 15 is 0 Å². The molecule has 0 heterocycles. The Labute approximate surface area is 97.6 Å². The van der Waals surface area contributed by atoms with Gasteiger partial charge in [-0.3, -0.25) is 4.90 Å². The van der Waals surface area contributed by atoms with E-state index in [0.29, 0.717) is 11.3 Å². The summed E-state index contributed by atoms with van der Waals surface area (Å²) in [5.74, 6) is 0. The number of hydrogen-bond acceptors (Lipinski definition) is 3. The van der Waals surface area contributed by atoms with E-state index in [-0.39, 0.29) is 6.54 Å². The zero-order valence-electron chi connectivity index (χ0n) is 9.41. The lowest BCUT2D eigenvalue weighted by molar-refractivity contribution is -0.145. The molecule has 3 N–H and O–H groups in total. The number of nitrogens with two attached hydrogens (primary N) is 1. The average Bonchev–Trinajstić information content (AvgIpc) is 2.14. The van der Waals surface area contributed by atoms with Gasteiger partial charge in [-0.2, -0.15) is 13.2 Å². The third kappa shape index (κ3) is 5.06. The molecule has 0 saturated carbocycles. The fraction of sp³-hybridized carbons (Fsp3) is 0.455. The van der Waals surface area contributed by atoms with Gasteiger partial charge in [0.1, 0.15) is 0 Å². The lowest BCUT2D eigenvalue weighted by Gasteiger charge is -2.22. The van der Waals surface area contributed by atoms with Crippen LogP contribution in [0.1, 0.15) is 11.7 Å². The van der Waals surface area contributed by atoms with E-state index in [0.717, 1.165) is 4.90 Å². The smallest absolute Gasteiger partial charge is 0.399 e. The summed E-state index contributed by atoms with van der Waals surface area (Å²) in [7, 11) is 1.31. The number of nitrogen functional groups attached to an aromatic ring is 1. The van der Waals surface area contributed by atoms with Crippen molar-refractivity contribution in [1.29, 1.82) is 0 Å². The van der Waals surface area contributed by atoms with Crippen LogP contribution in [0.3, 0.4) is 0 Å². The molecule has 6 heteroatoms. The van der Waals surface area contributed by atoms with E-state index in [1.165, 1.54) is 7.05 Å². The van der Waals surface area contributed by atoms with Gasteiger partial charge in [0.05, 0.1) is 12.6 Å². The van der Waals surface area contributed by atoms with Gasteiger partial charge in [-0.25, -0.2) is 0 Å². The first-order valence-corrected chi connectivity index (χ1v) is 5.07. The van der Waals surface area contributed by atoms with Gasteiger partial charge in [0.15, 0.2) is 0 Å². The van der Waals surface area contributed by atoms with E-state index in [9.17, 15) is 18.3 Å². The zero-order chi connectivity index (χ0) is 13.1. The minimum atomic E-state index is -4.26. The number of nitrogens with zero attached hydrogens (tertiary/aromatic N) is 1. The summed E-state index contributed by atoms with van der Waals surface area (Å²) in [6.07, 6.45) is -5.24. The van der Waals surface area contributed by atoms with E-state index in [4.69, 9.17) is 5.73 Å². The number of aliphatic hydroxyl groups is 1. The van der Waals surface area contributed by atoms with Crippen LogP contribution in [0.25, 0.3) is 0 Å². The van der Waals surface area contributed by atoms with Crippen LogP contribution in [0.2, 0.25) is 0 Å². The Balaban J connectivity index is 2.57. The number of halogens is 3. The van der Waals surface area contributed by atoms with Crippen molar-refractivity contribution in [2.24, 2.45) is 0 Å². The van der Waals surface area contributed by atoms with E-state index in [2.05, 4.69) is 0 Å². The van der Waals surface area contributed by atoms with Crippen LogP contribution in [0.15, 0.2) is 24.3 Å². The minimum absolute atomic E-state index is 0.0943. The molecule has 0 fully saturated rings. The van der Waals surface area contributed by atoms with Crippen LogP contribution in [0, 0.1) is 0 Å². The highest BCUT2D eigenvalue weighted by atomic mass is 19.4. The van der Waals surface area contributed by atoms with Crippen LogP contribution < -0.4 is 5.73 Å². The molecular weight excluding hydrogens is 233 g/mol. The number of alkyl halides is 3. The molecule has 96 valence electrons. The zero-order valence-corrected chi connectivity index (χ0v) is 9.41. The highest BCUT2D eigenvalue weighted by Gasteiger charge is 2.29. The second kappa shape index (κ2) is 5.37. The van der Waals surface area contributed by atoms with Crippen molar-refractivity contribution in [3.05, 3.63) is 29.8 Å². The van der Waals surface area contributed by atoms with Gasteiger partial charge in [-0.1, -0.05) is 12.1 Å². The third-order valence-electron chi connectivity index (χ3n) is 2.23. The molecule has 0 radical (unpaired) electrons. The molecule has 1 aromatic carbocycles. The monoisotopic (exact) mass is 248 g/mol. The quantitative estimate of drug-likeness (QED) is 0.799. The average molecular weight is 248 g/mol. The van der Waals surface area contributed by atoms with Crippen molar-refractivity contribution in [3.63, 3.8) is 0 Å². The first-order valence-electron chi connectivity index (χ1n) is 5.07. The molecule has 3 nitrogen and oxygen atoms in total. The maximum absolute atomic E-state index is 12.1. The summed E-state index contributed by atoms with van der Waals surface area (Å²) in [6, 6.07) is 6.47. The summed E-state index contributed by atoms with van der Waals surface area (Å²) < 4.78 is 36.2. The Morgan fingerprint density at radius 1 is 1.41 bits per heavy atom. The number of aliphatic hydroxyl groups excluding tert-OH is 1. The van der Waals surface area contributed by atoms with Crippen molar-refractivity contribution in [1.82, 2.24) is 4.90 Å². The predicted octanol–water partition coefficient (Wildman–Crippen LogP) is 1.80. The Kier molecular flexibility index (Phi) is 4.36. The van der Waals surface area contributed by atoms with Crippen molar-refractivity contribution in [2.75, 3.05) is 25.9 Å². The second-order valence-electron chi connectivity index (χ2n) is 4.00. The fourth-order valence-electron chi connectivity index (χ4n) is 1.54. The van der Waals surface area contributed by atoms with E-state index < -0.39 is 18.8 Å². The fourth-order valence-corrected chi connectivity index (χ4v) is 1.54. The van der Waals surface area contributed by atoms with Crippen LogP contribution in [0.5, 0.6) is 0 Å². The molecule has 0 amide bonds. The number of anilines is 1. The van der Waals surface area contributed by atoms with Crippen LogP contribution in [-0.4, -0.2) is 36.3 Å². The van der Waals surface area contributed by atoms with Crippen molar-refractivity contribution in [2.45, 2.75) is 12.3 Å². The highest BCUT2D eigenvalue weighted by molar-refractivity contribution is 5.41. The first-order chi connectivity index (χ1) is 7.78. The van der Waals surface area contributed by atoms with Crippen molar-refractivity contribution in [3.8, 4) is 0 Å². The van der Waals surface area contributed by atoms with Gasteiger partial charge in [-0.05, 0) is 24.7 Å². The third-order valence-corrected chi connectivity index (χ3v) is 2.23. The molecule has 0 aromatic heterocycles. The molecule has 0 aliphatic carbocycles. The molecular formula is C11H15F3N2O. The lowest BCUT2D eigenvalue weighted by Crippen LogP contribution is -2.34. The number of hydrogen-bond donors (Lipinski definition) is 2. The highest BCUT2D eigenvalue weighted by Crippen LogP contribution is 2.19. The molecule has 0 spiro atoms. The van der Waals surface area contributed by atoms with Crippen LogP contribution >= 0.6 is 0 Å². The van der Waals surface area contributed by atoms with Crippen molar-refractivity contribution < 1.29 is 18.3 Å². The maximum atomic E-state index is 12.1. The lowest BCUT2D eigenvalue weighted by atomic mass is 10.1. The normalized spacial score (nSPS) is 14.0. The van der Waals surface area contributed by atoms with Crippen molar-refractivity contribution >= 4 is 5.69 Å². The Morgan fingerprint density at radius 2 is 2.06 bits per heavy atom. The van der Waals surface area contributed by atoms with Crippen LogP contribution in [0.4, 0.5) is 18.9 Å². The molecule has 0 bridgehead atoms. The van der Waals surface area contributed by atoms with E-state index in [1.54, 1.807) is 24.3 Å². The molecule has 1 atom stereocenters. The summed E-state index contributed by atoms with van der Waals surface area (Å²) in [5.41, 5.74) is 6.51. The molecule has 17 heavy (non-hydrogen) atoms. The summed E-state index contributed by atoms with van der Waals surface area (Å²) in [4.78, 5) is 1.02. The number of benzene rings is 1. The number of rotatable bonds is 4. The van der Waals surface area contributed by atoms with Gasteiger partial charge in [0, 0.05) is 12.2 Å². The molecule has 0 aliphatic rings. The Morgan fingerprint density at radius 3 is 2.59 bits per heavy atom. The molecule has 1 unspecified atom stereocenters. The summed E-state index contributed by atoms with van der Waals surface area (Å²) in [6.45, 7) is -1.14. The second-order valence-corrected chi connectivity index (χ2v) is 4.00. The van der Waals surface area contributed by atoms with Gasteiger partial charge < -0.3 is 10.8 Å². The molecule has 0 saturated heterocycles. The largest absolute Gasteiger partial charge is 0.401 e. The SMILES string of the molecule is CN(CC(O)c1cccc(N)c1)CC(F)(F)F. The molecule has 1 aromatic rings. The van der Waals surface area contributed by atoms with Gasteiger partial charge in [0.2, 0.25) is 0 Å². The Bertz CT molecular complexity index is 368. The summed E-state index contributed by atoms with van der Waals surface area (Å²) in [5, 5.41) is 9.75. The minimum Gasteiger partial charge on any atom is -0.399 e. The Hall–Kier alpha value is -1.27. The van der Waals surface area contributed by atoms with Crippen LogP contribution in [-0.2, 0) is 0 Å². The molecule has 1 rings (SSSR count). The van der Waals surface area contributed by atoms with Gasteiger partial charge in [0.25, 0.3) is 0 Å². The van der Waals surface area contributed by atoms with Gasteiger partial charge in [-0.15, -0.1) is 0 Å². The maximum Gasteiger partial charge on any atom is 0.401 e.